The Morgan fingerprint density at radius 3 is 2.25 bits per heavy atom. The van der Waals surface area contributed by atoms with E-state index in [1.165, 1.54) is 12.0 Å². The number of aliphatic hydroxyl groups excluding tert-OH is 1. The van der Waals surface area contributed by atoms with Gasteiger partial charge in [-0.25, -0.2) is 0 Å². The number of hydrogen-bond donors (Lipinski definition) is 1. The summed E-state index contributed by atoms with van der Waals surface area (Å²) in [7, 11) is 1.57. The minimum absolute atomic E-state index is 0. The van der Waals surface area contributed by atoms with Crippen molar-refractivity contribution in [3.63, 3.8) is 0 Å². The summed E-state index contributed by atoms with van der Waals surface area (Å²) >= 11 is 1.66. The summed E-state index contributed by atoms with van der Waals surface area (Å²) in [5, 5.41) is 15.3. The third kappa shape index (κ3) is 10.7. The summed E-state index contributed by atoms with van der Waals surface area (Å²) in [6.45, 7) is 13.9. The summed E-state index contributed by atoms with van der Waals surface area (Å²) in [6, 6.07) is 6.75. The maximum atomic E-state index is 13.3. The van der Waals surface area contributed by atoms with Crippen molar-refractivity contribution in [2.75, 3.05) is 46.3 Å². The number of aliphatic imine (C=N–C) groups is 1. The van der Waals surface area contributed by atoms with Gasteiger partial charge in [-0.15, -0.1) is 5.69 Å². The Kier molecular flexibility index (Phi) is 16.2. The maximum absolute atomic E-state index is 13.3. The molecule has 0 saturated carbocycles. The fourth-order valence-corrected chi connectivity index (χ4v) is 6.92. The van der Waals surface area contributed by atoms with Gasteiger partial charge in [0.05, 0.1) is 44.2 Å². The molecule has 1 N–H and O–H groups in total. The maximum Gasteiger partial charge on any atom is 0.257 e. The SMILES string of the molecule is CC=C1C[C@H]2C=Nc3cc(OCCCCCOc4cc5c(cc4C)C(=O)N4CC(=CC)C[C@H]4C(O)[N-]5)c(OC)cc3C(=O)N2C1.CSC(C)(C)CO[C-]=O.[Y]. The predicted molar refractivity (Wildman–Crippen MR) is 212 cm³/mol. The average Bonchev–Trinajstić information content (AvgIpc) is 3.76. The van der Waals surface area contributed by atoms with E-state index in [1.807, 2.05) is 64.1 Å². The number of thioether (sulfide) groups is 1. The molecule has 2 amide bonds. The molecule has 2 aromatic rings. The van der Waals surface area contributed by atoms with Crippen LogP contribution in [-0.4, -0.2) is 109 Å². The van der Waals surface area contributed by atoms with Crippen molar-refractivity contribution >= 4 is 47.6 Å². The molecule has 0 aliphatic carbocycles. The largest absolute Gasteiger partial charge is 0.658 e. The quantitative estimate of drug-likeness (QED) is 0.126. The van der Waals surface area contributed by atoms with E-state index in [0.29, 0.717) is 79.1 Å². The standard InChI is InChI=1S/C35H42N4O6.C6H11O2S.Y/c1-5-22-13-24-18-36-27-16-32(31(43-4)15-26(27)34(41)38(24)19-22)45-11-9-7-8-10-44-30-17-28-25(12-21(30)3)35(42)39-20-23(6-2)14-29(39)33(40)37-28;1-6(2,9-3)4-8-5-7;/h5-6,12,15-18,24,29,33,40H,7-11,13-14,19-20H2,1-4H3,(H,37,42);4H2,1-3H3;/q;-1;/p-1/t24-,29-,33?;;/m0../s1. The van der Waals surface area contributed by atoms with Gasteiger partial charge in [0.1, 0.15) is 5.75 Å². The zero-order valence-electron chi connectivity index (χ0n) is 32.9. The number of nitrogens with zero attached hydrogens (tertiary/aromatic N) is 4. The minimum Gasteiger partial charge on any atom is -0.658 e. The van der Waals surface area contributed by atoms with Crippen LogP contribution in [-0.2, 0) is 42.2 Å². The summed E-state index contributed by atoms with van der Waals surface area (Å²) in [4.78, 5) is 44.4. The molecule has 1 unspecified atom stereocenters. The molecular formula is C41H52N4O8SY-2. The number of carbonyl (C=O) groups excluding carboxylic acids is 3. The Labute approximate surface area is 354 Å². The normalized spacial score (nSPS) is 21.2. The first-order valence-electron chi connectivity index (χ1n) is 18.4. The van der Waals surface area contributed by atoms with Crippen LogP contribution in [0.2, 0.25) is 0 Å². The predicted octanol–water partition coefficient (Wildman–Crippen LogP) is 7.22. The molecule has 14 heteroatoms. The van der Waals surface area contributed by atoms with Gasteiger partial charge in [0.15, 0.2) is 11.5 Å². The Hall–Kier alpha value is -3.39. The first-order chi connectivity index (χ1) is 25.9. The van der Waals surface area contributed by atoms with E-state index < -0.39 is 6.23 Å². The number of amides is 2. The van der Waals surface area contributed by atoms with Crippen molar-refractivity contribution in [1.29, 1.82) is 0 Å². The first kappa shape index (κ1) is 44.3. The number of hydrogen-bond acceptors (Lipinski definition) is 10. The first-order valence-corrected chi connectivity index (χ1v) is 19.7. The number of methoxy groups -OCH3 is 1. The molecule has 2 saturated heterocycles. The molecule has 0 spiro atoms. The molecule has 2 aromatic carbocycles. The zero-order chi connectivity index (χ0) is 39.0. The molecule has 4 heterocycles. The zero-order valence-corrected chi connectivity index (χ0v) is 36.6. The van der Waals surface area contributed by atoms with E-state index in [0.717, 1.165) is 36.8 Å². The van der Waals surface area contributed by atoms with Crippen molar-refractivity contribution in [3.05, 3.63) is 69.6 Å². The number of fused-ring (bicyclic) bond motifs is 4. The molecule has 4 aliphatic rings. The molecule has 2 fully saturated rings. The van der Waals surface area contributed by atoms with Gasteiger partial charge in [0.2, 0.25) is 0 Å². The van der Waals surface area contributed by atoms with Crippen molar-refractivity contribution in [3.8, 4) is 17.2 Å². The number of rotatable bonds is 13. The smallest absolute Gasteiger partial charge is 0.257 e. The van der Waals surface area contributed by atoms with E-state index >= 15 is 0 Å². The van der Waals surface area contributed by atoms with Crippen LogP contribution in [0.1, 0.15) is 86.1 Å². The number of benzene rings is 2. The fraction of sp³-hybridized carbons (Fsp3) is 0.512. The van der Waals surface area contributed by atoms with Crippen molar-refractivity contribution in [1.82, 2.24) is 9.80 Å². The second kappa shape index (κ2) is 20.2. The van der Waals surface area contributed by atoms with Crippen LogP contribution in [0.3, 0.4) is 0 Å². The van der Waals surface area contributed by atoms with E-state index in [9.17, 15) is 19.5 Å². The number of allylic oxidation sites excluding steroid dienone is 2. The third-order valence-electron chi connectivity index (χ3n) is 10.2. The van der Waals surface area contributed by atoms with Crippen LogP contribution in [0.5, 0.6) is 17.2 Å². The number of unbranched alkanes of at least 4 members (excludes halogenated alkanes) is 2. The molecule has 0 bridgehead atoms. The van der Waals surface area contributed by atoms with E-state index in [-0.39, 0.29) is 61.4 Å². The van der Waals surface area contributed by atoms with Crippen LogP contribution in [0, 0.1) is 6.92 Å². The molecular weight excluding hydrogens is 797 g/mol. The number of carbonyl (C=O) groups is 2. The summed E-state index contributed by atoms with van der Waals surface area (Å²) < 4.78 is 22.2. The number of ether oxygens (including phenoxy) is 4. The van der Waals surface area contributed by atoms with Crippen molar-refractivity contribution < 1.29 is 71.1 Å². The van der Waals surface area contributed by atoms with Crippen molar-refractivity contribution in [2.45, 2.75) is 89.8 Å². The van der Waals surface area contributed by atoms with Gasteiger partial charge in [-0.2, -0.15) is 11.8 Å². The molecule has 55 heavy (non-hydrogen) atoms. The van der Waals surface area contributed by atoms with Crippen molar-refractivity contribution in [2.24, 2.45) is 4.99 Å². The van der Waals surface area contributed by atoms with Crippen LogP contribution in [0.25, 0.3) is 5.32 Å². The van der Waals surface area contributed by atoms with E-state index in [4.69, 9.17) is 14.2 Å². The molecule has 3 atom stereocenters. The van der Waals surface area contributed by atoms with Gasteiger partial charge in [-0.05, 0) is 96.7 Å². The number of aryl methyl sites for hydroxylation is 1. The summed E-state index contributed by atoms with van der Waals surface area (Å²) in [6.07, 6.45) is 10.9. The van der Waals surface area contributed by atoms with Crippen LogP contribution in [0.15, 0.2) is 52.6 Å². The van der Waals surface area contributed by atoms with Gasteiger partial charge >= 0.3 is 0 Å². The molecule has 295 valence electrons. The Morgan fingerprint density at radius 1 is 0.945 bits per heavy atom. The van der Waals surface area contributed by atoms with Crippen LogP contribution < -0.4 is 14.2 Å². The molecule has 1 radical (unpaired) electrons. The Balaban J connectivity index is 0.000000600. The second-order valence-electron chi connectivity index (χ2n) is 14.4. The monoisotopic (exact) mass is 849 g/mol. The minimum atomic E-state index is -0.974. The van der Waals surface area contributed by atoms with Gasteiger partial charge < -0.3 is 44.0 Å². The van der Waals surface area contributed by atoms with Crippen LogP contribution >= 0.6 is 11.8 Å². The molecule has 4 aliphatic heterocycles. The van der Waals surface area contributed by atoms with E-state index in [1.54, 1.807) is 42.0 Å². The number of aliphatic hydroxyl groups is 1. The summed E-state index contributed by atoms with van der Waals surface area (Å²) in [5.41, 5.74) is 5.34. The van der Waals surface area contributed by atoms with E-state index in [2.05, 4.69) is 21.1 Å². The second-order valence-corrected chi connectivity index (χ2v) is 15.9. The summed E-state index contributed by atoms with van der Waals surface area (Å²) in [5.74, 6) is 1.60. The topological polar surface area (TPSA) is 141 Å². The van der Waals surface area contributed by atoms with Gasteiger partial charge in [0, 0.05) is 80.7 Å². The Bertz CT molecular complexity index is 1800. The van der Waals surface area contributed by atoms with Crippen LogP contribution in [0.4, 0.5) is 11.4 Å². The molecule has 6 rings (SSSR count). The average molecular weight is 850 g/mol. The molecule has 12 nitrogen and oxygen atoms in total. The van der Waals surface area contributed by atoms with Gasteiger partial charge in [0.25, 0.3) is 11.8 Å². The Morgan fingerprint density at radius 2 is 1.60 bits per heavy atom. The third-order valence-corrected chi connectivity index (χ3v) is 11.4. The van der Waals surface area contributed by atoms with Gasteiger partial charge in [-0.3, -0.25) is 14.6 Å². The van der Waals surface area contributed by atoms with Gasteiger partial charge in [-0.1, -0.05) is 29.8 Å². The fourth-order valence-electron chi connectivity index (χ4n) is 6.74. The molecule has 0 aromatic heterocycles.